The molecule has 0 saturated carbocycles. The molecule has 1 aromatic heterocycles. The van der Waals surface area contributed by atoms with E-state index in [1.54, 1.807) is 0 Å². The molecule has 0 atom stereocenters. The summed E-state index contributed by atoms with van der Waals surface area (Å²) in [5, 5.41) is 1.20. The molecule has 2 aliphatic heterocycles. The number of anilines is 6. The molecule has 3 nitrogen and oxygen atoms in total. The first kappa shape index (κ1) is 37.8. The normalized spacial score (nSPS) is 16.4. The van der Waals surface area contributed by atoms with Crippen molar-refractivity contribution in [3.05, 3.63) is 149 Å². The van der Waals surface area contributed by atoms with Gasteiger partial charge in [0.15, 0.2) is 0 Å². The average Bonchev–Trinajstić information content (AvgIpc) is 3.57. The molecule has 59 heavy (non-hydrogen) atoms. The predicted molar refractivity (Wildman–Crippen MR) is 253 cm³/mol. The molecular formula is C55H57BN2O. The van der Waals surface area contributed by atoms with Crippen molar-refractivity contribution >= 4 is 68.4 Å². The van der Waals surface area contributed by atoms with Crippen LogP contribution >= 0.6 is 0 Å². The lowest BCUT2D eigenvalue weighted by Crippen LogP contribution is -2.61. The Morgan fingerprint density at radius 3 is 1.83 bits per heavy atom. The van der Waals surface area contributed by atoms with Crippen LogP contribution in [0.4, 0.5) is 34.1 Å². The molecule has 10 rings (SSSR count). The maximum absolute atomic E-state index is 7.47. The minimum absolute atomic E-state index is 0.0358. The van der Waals surface area contributed by atoms with Crippen LogP contribution in [-0.2, 0) is 21.7 Å². The number of furan rings is 1. The van der Waals surface area contributed by atoms with E-state index in [0.29, 0.717) is 0 Å². The first-order chi connectivity index (χ1) is 27.9. The number of fused-ring (bicyclic) bond motifs is 7. The number of rotatable bonds is 3. The molecule has 0 fully saturated rings. The van der Waals surface area contributed by atoms with E-state index in [1.807, 2.05) is 0 Å². The van der Waals surface area contributed by atoms with Crippen LogP contribution in [0.1, 0.15) is 110 Å². The van der Waals surface area contributed by atoms with Gasteiger partial charge < -0.3 is 14.2 Å². The molecule has 0 unspecified atom stereocenters. The highest BCUT2D eigenvalue weighted by atomic mass is 16.3. The van der Waals surface area contributed by atoms with Crippen LogP contribution in [0, 0.1) is 6.92 Å². The average molecular weight is 773 g/mol. The highest BCUT2D eigenvalue weighted by Gasteiger charge is 2.48. The number of hydrogen-bond acceptors (Lipinski definition) is 3. The van der Waals surface area contributed by atoms with E-state index < -0.39 is 0 Å². The summed E-state index contributed by atoms with van der Waals surface area (Å²) in [5.74, 6) is 0. The van der Waals surface area contributed by atoms with Gasteiger partial charge in [0.1, 0.15) is 5.58 Å². The van der Waals surface area contributed by atoms with Gasteiger partial charge in [-0.3, -0.25) is 0 Å². The van der Waals surface area contributed by atoms with Gasteiger partial charge in [0.2, 0.25) is 0 Å². The van der Waals surface area contributed by atoms with Crippen molar-refractivity contribution in [2.45, 2.75) is 111 Å². The van der Waals surface area contributed by atoms with E-state index in [9.17, 15) is 0 Å². The lowest BCUT2D eigenvalue weighted by atomic mass is 9.35. The van der Waals surface area contributed by atoms with Gasteiger partial charge >= 0.3 is 0 Å². The highest BCUT2D eigenvalue weighted by Crippen LogP contribution is 2.52. The van der Waals surface area contributed by atoms with Gasteiger partial charge in [0, 0.05) is 33.8 Å². The van der Waals surface area contributed by atoms with Crippen LogP contribution in [0.3, 0.4) is 0 Å². The van der Waals surface area contributed by atoms with Crippen molar-refractivity contribution in [3.63, 3.8) is 0 Å². The first-order valence-corrected chi connectivity index (χ1v) is 21.7. The molecule has 296 valence electrons. The molecule has 0 N–H and O–H groups in total. The maximum atomic E-state index is 7.47. The van der Waals surface area contributed by atoms with Gasteiger partial charge in [0.05, 0.1) is 11.3 Å². The van der Waals surface area contributed by atoms with Crippen LogP contribution in [-0.4, -0.2) is 6.71 Å². The fourth-order valence-corrected chi connectivity index (χ4v) is 10.3. The lowest BCUT2D eigenvalue weighted by molar-refractivity contribution is 0.332. The fourth-order valence-electron chi connectivity index (χ4n) is 10.3. The van der Waals surface area contributed by atoms with Gasteiger partial charge in [-0.2, -0.15) is 0 Å². The Morgan fingerprint density at radius 1 is 0.559 bits per heavy atom. The molecule has 7 aromatic rings. The summed E-state index contributed by atoms with van der Waals surface area (Å²) < 4.78 is 7.47. The highest BCUT2D eigenvalue weighted by molar-refractivity contribution is 7.00. The van der Waals surface area contributed by atoms with Gasteiger partial charge in [-0.1, -0.05) is 136 Å². The van der Waals surface area contributed by atoms with Crippen LogP contribution in [0.15, 0.2) is 126 Å². The third kappa shape index (κ3) is 5.92. The Labute approximate surface area is 352 Å². The van der Waals surface area contributed by atoms with Crippen LogP contribution < -0.4 is 26.4 Å². The molecule has 1 aliphatic carbocycles. The van der Waals surface area contributed by atoms with E-state index in [0.717, 1.165) is 35.5 Å². The van der Waals surface area contributed by atoms with Crippen molar-refractivity contribution in [3.8, 4) is 11.1 Å². The van der Waals surface area contributed by atoms with E-state index in [2.05, 4.69) is 207 Å². The van der Waals surface area contributed by atoms with Crippen molar-refractivity contribution in [1.29, 1.82) is 0 Å². The van der Waals surface area contributed by atoms with E-state index >= 15 is 0 Å². The zero-order chi connectivity index (χ0) is 41.4. The fraction of sp³-hybridized carbons (Fsp3) is 0.309. The monoisotopic (exact) mass is 772 g/mol. The molecule has 6 aromatic carbocycles. The molecule has 0 spiro atoms. The number of hydrogen-bond donors (Lipinski definition) is 0. The largest absolute Gasteiger partial charge is 0.468 e. The van der Waals surface area contributed by atoms with Gasteiger partial charge in [-0.25, -0.2) is 0 Å². The third-order valence-electron chi connectivity index (χ3n) is 13.8. The third-order valence-corrected chi connectivity index (χ3v) is 13.8. The molecule has 3 heterocycles. The summed E-state index contributed by atoms with van der Waals surface area (Å²) in [5.41, 5.74) is 21.0. The summed E-state index contributed by atoms with van der Waals surface area (Å²) in [4.78, 5) is 5.06. The second-order valence-electron chi connectivity index (χ2n) is 21.0. The number of aryl methyl sites for hydroxylation is 1. The summed E-state index contributed by atoms with van der Waals surface area (Å²) in [6.45, 7) is 25.7. The molecule has 3 aliphatic rings. The van der Waals surface area contributed by atoms with E-state index in [-0.39, 0.29) is 28.4 Å². The number of nitrogens with zero attached hydrogens (tertiary/aromatic N) is 2. The van der Waals surface area contributed by atoms with Crippen LogP contribution in [0.5, 0.6) is 0 Å². The molecule has 4 heteroatoms. The Morgan fingerprint density at radius 2 is 1.17 bits per heavy atom. The topological polar surface area (TPSA) is 19.6 Å². The van der Waals surface area contributed by atoms with Crippen molar-refractivity contribution in [2.75, 3.05) is 9.80 Å². The minimum Gasteiger partial charge on any atom is -0.468 e. The van der Waals surface area contributed by atoms with Gasteiger partial charge in [-0.15, -0.1) is 0 Å². The predicted octanol–water partition coefficient (Wildman–Crippen LogP) is 13.4. The summed E-state index contributed by atoms with van der Waals surface area (Å²) in [6.07, 6.45) is 2.32. The second kappa shape index (κ2) is 12.8. The van der Waals surface area contributed by atoms with Crippen molar-refractivity contribution in [1.82, 2.24) is 0 Å². The summed E-state index contributed by atoms with van der Waals surface area (Å²) in [6, 6.07) is 46.1. The molecule has 0 radical (unpaired) electrons. The molecule has 0 saturated heterocycles. The zero-order valence-electron chi connectivity index (χ0n) is 36.8. The van der Waals surface area contributed by atoms with Gasteiger partial charge in [-0.05, 0) is 146 Å². The Bertz CT molecular complexity index is 2810. The molecule has 0 amide bonds. The SMILES string of the molecule is Cc1cc2c3c(c1)N(c1ccc(C(C)(C)C)cc1)c1c(oc4cc5c(cc14)C(C)(C)CCC5(C)C)B3c1cc(C(C)(C)C)ccc1N2c1cccc(-c2ccccc2)c1. The number of benzene rings is 6. The minimum atomic E-state index is -0.1000. The second-order valence-corrected chi connectivity index (χ2v) is 21.0. The van der Waals surface area contributed by atoms with Crippen molar-refractivity contribution in [2.24, 2.45) is 0 Å². The summed E-state index contributed by atoms with van der Waals surface area (Å²) >= 11 is 0. The lowest BCUT2D eigenvalue weighted by Gasteiger charge is -2.43. The Balaban J connectivity index is 1.31. The smallest absolute Gasteiger partial charge is 0.297 e. The zero-order valence-corrected chi connectivity index (χ0v) is 36.8. The summed E-state index contributed by atoms with van der Waals surface area (Å²) in [7, 11) is 0. The van der Waals surface area contributed by atoms with Crippen LogP contribution in [0.2, 0.25) is 0 Å². The Kier molecular flexibility index (Phi) is 8.17. The maximum Gasteiger partial charge on any atom is 0.297 e. The first-order valence-electron chi connectivity index (χ1n) is 21.7. The van der Waals surface area contributed by atoms with E-state index in [1.165, 1.54) is 78.0 Å². The molecule has 0 bridgehead atoms. The van der Waals surface area contributed by atoms with Gasteiger partial charge in [0.25, 0.3) is 6.71 Å². The molecular weight excluding hydrogens is 715 g/mol. The standard InChI is InChI=1S/C55H57BN2O/c1-34-28-46-49-47(29-34)58(39-23-20-37(21-24-39)52(2,3)4)50-41-32-42-43(55(10,11)27-26-54(42,8)9)33-48(41)59-51(50)56(49)44-31-38(53(5,6)7)22-25-45(44)57(46)40-19-15-18-36(30-40)35-16-13-12-14-17-35/h12-25,28-33H,26-27H2,1-11H3. The van der Waals surface area contributed by atoms with E-state index in [4.69, 9.17) is 4.42 Å². The Hall–Kier alpha value is -5.48. The quantitative estimate of drug-likeness (QED) is 0.167. The van der Waals surface area contributed by atoms with Crippen LogP contribution in [0.25, 0.3) is 22.1 Å². The van der Waals surface area contributed by atoms with Crippen molar-refractivity contribution < 1.29 is 4.42 Å².